The third-order valence-electron chi connectivity index (χ3n) is 11.4. The average molecular weight is 744 g/mol. The van der Waals surface area contributed by atoms with Crippen LogP contribution in [0.1, 0.15) is 0 Å². The first-order valence-corrected chi connectivity index (χ1v) is 19.5. The monoisotopic (exact) mass is 743 g/mol. The molecule has 58 heavy (non-hydrogen) atoms. The lowest BCUT2D eigenvalue weighted by atomic mass is 10.00. The van der Waals surface area contributed by atoms with Gasteiger partial charge in [-0.2, -0.15) is 0 Å². The van der Waals surface area contributed by atoms with Crippen LogP contribution in [0.5, 0.6) is 0 Å². The molecule has 0 saturated carbocycles. The van der Waals surface area contributed by atoms with E-state index in [-0.39, 0.29) is 0 Å². The molecule has 5 nitrogen and oxygen atoms in total. The SMILES string of the molecule is c1ccc(-c2nc3c(ccc4ccc(-c5ccc(N(c6ccc(-n7c8ccccc8c8ccccc87)cc6)c6ccc7oc8ccccc8c7c6)cc5)cc43)o2)cc1. The largest absolute Gasteiger partial charge is 0.456 e. The summed E-state index contributed by atoms with van der Waals surface area (Å²) in [7, 11) is 0. The highest BCUT2D eigenvalue weighted by atomic mass is 16.3. The summed E-state index contributed by atoms with van der Waals surface area (Å²) in [6.07, 6.45) is 0. The van der Waals surface area contributed by atoms with Gasteiger partial charge in [-0.3, -0.25) is 0 Å². The first-order chi connectivity index (χ1) is 28.7. The summed E-state index contributed by atoms with van der Waals surface area (Å²) >= 11 is 0. The summed E-state index contributed by atoms with van der Waals surface area (Å²) in [6.45, 7) is 0. The molecule has 0 spiro atoms. The maximum Gasteiger partial charge on any atom is 0.227 e. The van der Waals surface area contributed by atoms with Crippen molar-refractivity contribution in [3.8, 4) is 28.3 Å². The second-order valence-corrected chi connectivity index (χ2v) is 14.8. The van der Waals surface area contributed by atoms with Crippen LogP contribution in [0.3, 0.4) is 0 Å². The molecule has 0 aliphatic carbocycles. The Hall–Kier alpha value is -7.89. The fraction of sp³-hybridized carbons (Fsp3) is 0. The molecule has 0 saturated heterocycles. The molecule has 9 aromatic carbocycles. The van der Waals surface area contributed by atoms with Crippen molar-refractivity contribution < 1.29 is 8.83 Å². The predicted octanol–water partition coefficient (Wildman–Crippen LogP) is 14.8. The molecule has 0 radical (unpaired) electrons. The van der Waals surface area contributed by atoms with Crippen LogP contribution in [0.2, 0.25) is 0 Å². The molecule has 3 aromatic heterocycles. The first-order valence-electron chi connectivity index (χ1n) is 19.5. The van der Waals surface area contributed by atoms with E-state index in [0.717, 1.165) is 83.3 Å². The van der Waals surface area contributed by atoms with Crippen molar-refractivity contribution in [1.29, 1.82) is 0 Å². The van der Waals surface area contributed by atoms with Crippen LogP contribution < -0.4 is 4.90 Å². The summed E-state index contributed by atoms with van der Waals surface area (Å²) in [4.78, 5) is 7.28. The van der Waals surface area contributed by atoms with Crippen molar-refractivity contribution >= 4 is 82.7 Å². The molecular weight excluding hydrogens is 711 g/mol. The molecule has 0 N–H and O–H groups in total. The average Bonchev–Trinajstić information content (AvgIpc) is 4.00. The van der Waals surface area contributed by atoms with Gasteiger partial charge >= 0.3 is 0 Å². The normalized spacial score (nSPS) is 11.8. The lowest BCUT2D eigenvalue weighted by Gasteiger charge is -2.26. The minimum absolute atomic E-state index is 0.627. The minimum Gasteiger partial charge on any atom is -0.456 e. The Labute approximate surface area is 333 Å². The summed E-state index contributed by atoms with van der Waals surface area (Å²) in [6, 6.07) is 70.5. The second kappa shape index (κ2) is 12.8. The van der Waals surface area contributed by atoms with Crippen molar-refractivity contribution in [2.45, 2.75) is 0 Å². The van der Waals surface area contributed by atoms with Gasteiger partial charge in [0.15, 0.2) is 5.58 Å². The van der Waals surface area contributed by atoms with Gasteiger partial charge in [0.1, 0.15) is 16.7 Å². The zero-order chi connectivity index (χ0) is 38.2. The highest BCUT2D eigenvalue weighted by Gasteiger charge is 2.18. The first kappa shape index (κ1) is 32.4. The fourth-order valence-electron chi connectivity index (χ4n) is 8.65. The number of aromatic nitrogens is 2. The number of fused-ring (bicyclic) bond motifs is 9. The maximum atomic E-state index is 6.24. The Balaban J connectivity index is 0.965. The van der Waals surface area contributed by atoms with Crippen LogP contribution in [-0.2, 0) is 0 Å². The molecule has 0 unspecified atom stereocenters. The predicted molar refractivity (Wildman–Crippen MR) is 239 cm³/mol. The van der Waals surface area contributed by atoms with E-state index in [0.29, 0.717) is 5.89 Å². The third-order valence-corrected chi connectivity index (χ3v) is 11.4. The van der Waals surface area contributed by atoms with Gasteiger partial charge in [-0.05, 0) is 114 Å². The number of para-hydroxylation sites is 3. The van der Waals surface area contributed by atoms with Crippen LogP contribution in [0.15, 0.2) is 209 Å². The number of hydrogen-bond donors (Lipinski definition) is 0. The number of rotatable bonds is 6. The molecule has 272 valence electrons. The lowest BCUT2D eigenvalue weighted by Crippen LogP contribution is -2.10. The standard InChI is InChI=1S/C53H33N3O2/c1-2-10-36(11-3-1)53-54-52-45-32-37(19-18-35(45)22-30-51(52)58-53)34-20-23-38(24-21-34)55(41-29-31-50-46(33-41)44-14-6-9-17-49(44)57-50)39-25-27-40(28-26-39)56-47-15-7-4-12-42(47)43-13-5-8-16-48(43)56/h1-33H. The Morgan fingerprint density at radius 1 is 0.379 bits per heavy atom. The molecule has 12 aromatic rings. The number of nitrogens with zero attached hydrogens (tertiary/aromatic N) is 3. The summed E-state index contributed by atoms with van der Waals surface area (Å²) in [5.41, 5.74) is 13.2. The highest BCUT2D eigenvalue weighted by molar-refractivity contribution is 6.10. The Bertz CT molecular complexity index is 3450. The second-order valence-electron chi connectivity index (χ2n) is 14.8. The molecular formula is C53H33N3O2. The summed E-state index contributed by atoms with van der Waals surface area (Å²) < 4.78 is 14.8. The maximum absolute atomic E-state index is 6.24. The van der Waals surface area contributed by atoms with E-state index in [9.17, 15) is 0 Å². The van der Waals surface area contributed by atoms with Crippen molar-refractivity contribution in [3.05, 3.63) is 200 Å². The molecule has 0 bridgehead atoms. The van der Waals surface area contributed by atoms with E-state index in [1.165, 1.54) is 21.8 Å². The number of benzene rings is 9. The topological polar surface area (TPSA) is 47.3 Å². The van der Waals surface area contributed by atoms with Crippen molar-refractivity contribution in [2.75, 3.05) is 4.90 Å². The van der Waals surface area contributed by atoms with Crippen LogP contribution >= 0.6 is 0 Å². The molecule has 0 atom stereocenters. The molecule has 0 aliphatic heterocycles. The van der Waals surface area contributed by atoms with Gasteiger partial charge < -0.3 is 18.3 Å². The van der Waals surface area contributed by atoms with Gasteiger partial charge in [0, 0.05) is 55.2 Å². The zero-order valence-electron chi connectivity index (χ0n) is 31.2. The van der Waals surface area contributed by atoms with E-state index < -0.39 is 0 Å². The van der Waals surface area contributed by atoms with Gasteiger partial charge in [-0.1, -0.05) is 103 Å². The lowest BCUT2D eigenvalue weighted by molar-refractivity contribution is 0.620. The van der Waals surface area contributed by atoms with Crippen LogP contribution in [0.25, 0.3) is 93.9 Å². The van der Waals surface area contributed by atoms with Crippen LogP contribution in [0.4, 0.5) is 17.1 Å². The molecule has 3 heterocycles. The van der Waals surface area contributed by atoms with Crippen LogP contribution in [0, 0.1) is 0 Å². The molecule has 0 aliphatic rings. The number of hydrogen-bond acceptors (Lipinski definition) is 4. The highest BCUT2D eigenvalue weighted by Crippen LogP contribution is 2.41. The van der Waals surface area contributed by atoms with E-state index in [2.05, 4.69) is 161 Å². The molecule has 0 amide bonds. The Morgan fingerprint density at radius 3 is 1.72 bits per heavy atom. The van der Waals surface area contributed by atoms with E-state index in [1.54, 1.807) is 0 Å². The van der Waals surface area contributed by atoms with E-state index >= 15 is 0 Å². The smallest absolute Gasteiger partial charge is 0.227 e. The van der Waals surface area contributed by atoms with E-state index in [4.69, 9.17) is 13.8 Å². The Kier molecular flexibility index (Phi) is 7.16. The number of anilines is 3. The fourth-order valence-corrected chi connectivity index (χ4v) is 8.65. The third kappa shape index (κ3) is 5.14. The Morgan fingerprint density at radius 2 is 0.966 bits per heavy atom. The quantitative estimate of drug-likeness (QED) is 0.170. The van der Waals surface area contributed by atoms with Gasteiger partial charge in [-0.15, -0.1) is 0 Å². The van der Waals surface area contributed by atoms with E-state index in [1.807, 2.05) is 48.5 Å². The number of oxazole rings is 1. The van der Waals surface area contributed by atoms with Gasteiger partial charge in [0.2, 0.25) is 5.89 Å². The van der Waals surface area contributed by atoms with Crippen molar-refractivity contribution in [3.63, 3.8) is 0 Å². The zero-order valence-corrected chi connectivity index (χ0v) is 31.2. The molecule has 5 heteroatoms. The summed E-state index contributed by atoms with van der Waals surface area (Å²) in [5, 5.41) is 6.87. The van der Waals surface area contributed by atoms with Gasteiger partial charge in [-0.25, -0.2) is 4.98 Å². The van der Waals surface area contributed by atoms with Crippen molar-refractivity contribution in [2.24, 2.45) is 0 Å². The molecule has 12 rings (SSSR count). The summed E-state index contributed by atoms with van der Waals surface area (Å²) in [5.74, 6) is 0.627. The number of furan rings is 1. The van der Waals surface area contributed by atoms with Gasteiger partial charge in [0.05, 0.1) is 11.0 Å². The minimum atomic E-state index is 0.627. The van der Waals surface area contributed by atoms with Crippen molar-refractivity contribution in [1.82, 2.24) is 9.55 Å². The van der Waals surface area contributed by atoms with Gasteiger partial charge in [0.25, 0.3) is 0 Å². The molecule has 0 fully saturated rings. The van der Waals surface area contributed by atoms with Crippen LogP contribution in [-0.4, -0.2) is 9.55 Å².